The lowest BCUT2D eigenvalue weighted by Crippen LogP contribution is -2.29. The van der Waals surface area contributed by atoms with Crippen molar-refractivity contribution in [1.82, 2.24) is 10.3 Å². The van der Waals surface area contributed by atoms with Crippen molar-refractivity contribution in [1.29, 1.82) is 0 Å². The molecule has 1 saturated heterocycles. The van der Waals surface area contributed by atoms with Crippen LogP contribution in [0.2, 0.25) is 10.0 Å². The molecule has 1 aliphatic rings. The molecule has 0 spiro atoms. The van der Waals surface area contributed by atoms with Crippen molar-refractivity contribution in [2.24, 2.45) is 0 Å². The minimum absolute atomic E-state index is 0.119. The summed E-state index contributed by atoms with van der Waals surface area (Å²) in [4.78, 5) is 6.37. The molecular formula is C24H17Cl2N3O2S. The quantitative estimate of drug-likeness (QED) is 0.323. The molecule has 2 N–H and O–H groups in total. The second kappa shape index (κ2) is 8.47. The fourth-order valence-corrected chi connectivity index (χ4v) is 4.65. The minimum atomic E-state index is -0.391. The van der Waals surface area contributed by atoms with Crippen LogP contribution in [0.1, 0.15) is 23.5 Å². The first-order chi connectivity index (χ1) is 15.5. The summed E-state index contributed by atoms with van der Waals surface area (Å²) in [5.41, 5.74) is 2.08. The van der Waals surface area contributed by atoms with Crippen LogP contribution in [0.15, 0.2) is 83.4 Å². The van der Waals surface area contributed by atoms with Crippen LogP contribution in [-0.2, 0) is 0 Å². The Kier molecular flexibility index (Phi) is 5.51. The summed E-state index contributed by atoms with van der Waals surface area (Å²) in [6, 6.07) is 21.2. The van der Waals surface area contributed by atoms with Crippen molar-refractivity contribution in [3.05, 3.63) is 100 Å². The average molecular weight is 482 g/mol. The Balaban J connectivity index is 1.63. The van der Waals surface area contributed by atoms with Crippen molar-refractivity contribution in [3.63, 3.8) is 0 Å². The van der Waals surface area contributed by atoms with E-state index < -0.39 is 6.04 Å². The van der Waals surface area contributed by atoms with E-state index in [1.807, 2.05) is 59.5 Å². The van der Waals surface area contributed by atoms with E-state index in [9.17, 15) is 5.11 Å². The summed E-state index contributed by atoms with van der Waals surface area (Å²) < 4.78 is 6.29. The molecule has 2 aromatic heterocycles. The van der Waals surface area contributed by atoms with Crippen molar-refractivity contribution < 1.29 is 9.52 Å². The van der Waals surface area contributed by atoms with Gasteiger partial charge in [-0.2, -0.15) is 0 Å². The van der Waals surface area contributed by atoms with Crippen LogP contribution >= 0.6 is 35.4 Å². The van der Waals surface area contributed by atoms with Crippen LogP contribution in [0.5, 0.6) is 5.75 Å². The largest absolute Gasteiger partial charge is 0.506 e. The van der Waals surface area contributed by atoms with Crippen molar-refractivity contribution in [2.45, 2.75) is 12.1 Å². The number of anilines is 1. The molecule has 5 nitrogen and oxygen atoms in total. The maximum Gasteiger partial charge on any atom is 0.174 e. The molecule has 8 heteroatoms. The molecule has 0 aliphatic carbocycles. The monoisotopic (exact) mass is 481 g/mol. The second-order valence-corrected chi connectivity index (χ2v) is 8.46. The highest BCUT2D eigenvalue weighted by molar-refractivity contribution is 7.80. The van der Waals surface area contributed by atoms with Crippen LogP contribution in [0.25, 0.3) is 11.3 Å². The van der Waals surface area contributed by atoms with Gasteiger partial charge in [0.15, 0.2) is 5.11 Å². The third-order valence-corrected chi connectivity index (χ3v) is 6.51. The van der Waals surface area contributed by atoms with Gasteiger partial charge in [0.2, 0.25) is 0 Å². The SMILES string of the molecule is Oc1ccccc1N1C(=S)N[C@H](c2ccccn2)[C@H]1c1ccc(-c2cccc(Cl)c2Cl)o1. The third kappa shape index (κ3) is 3.60. The van der Waals surface area contributed by atoms with E-state index in [0.717, 1.165) is 5.69 Å². The zero-order chi connectivity index (χ0) is 22.2. The van der Waals surface area contributed by atoms with Gasteiger partial charge < -0.3 is 19.7 Å². The Morgan fingerprint density at radius 2 is 1.78 bits per heavy atom. The van der Waals surface area contributed by atoms with Gasteiger partial charge in [-0.3, -0.25) is 4.98 Å². The van der Waals surface area contributed by atoms with Crippen LogP contribution in [0, 0.1) is 0 Å². The van der Waals surface area contributed by atoms with Gasteiger partial charge in [0.1, 0.15) is 23.3 Å². The number of nitrogens with zero attached hydrogens (tertiary/aromatic N) is 2. The maximum absolute atomic E-state index is 10.6. The lowest BCUT2D eigenvalue weighted by atomic mass is 10.0. The van der Waals surface area contributed by atoms with Crippen molar-refractivity contribution >= 4 is 46.2 Å². The van der Waals surface area contributed by atoms with E-state index in [0.29, 0.717) is 37.9 Å². The zero-order valence-electron chi connectivity index (χ0n) is 16.6. The summed E-state index contributed by atoms with van der Waals surface area (Å²) in [6.07, 6.45) is 1.74. The van der Waals surface area contributed by atoms with Crippen LogP contribution in [0.4, 0.5) is 5.69 Å². The number of aromatic hydroxyl groups is 1. The predicted molar refractivity (Wildman–Crippen MR) is 130 cm³/mol. The third-order valence-electron chi connectivity index (χ3n) is 5.37. The Morgan fingerprint density at radius 1 is 0.969 bits per heavy atom. The molecule has 3 heterocycles. The molecule has 0 bridgehead atoms. The van der Waals surface area contributed by atoms with Crippen LogP contribution in [-0.4, -0.2) is 15.2 Å². The maximum atomic E-state index is 10.6. The van der Waals surface area contributed by atoms with E-state index in [2.05, 4.69) is 10.3 Å². The number of para-hydroxylation sites is 2. The number of phenolic OH excluding ortho intramolecular Hbond substituents is 1. The molecule has 4 aromatic rings. The predicted octanol–water partition coefficient (Wildman–Crippen LogP) is 6.53. The molecule has 160 valence electrons. The zero-order valence-corrected chi connectivity index (χ0v) is 18.9. The Morgan fingerprint density at radius 3 is 2.56 bits per heavy atom. The highest BCUT2D eigenvalue weighted by Crippen LogP contribution is 2.45. The fraction of sp³-hybridized carbons (Fsp3) is 0.0833. The summed E-state index contributed by atoms with van der Waals surface area (Å²) in [5, 5.41) is 15.2. The smallest absolute Gasteiger partial charge is 0.174 e. The molecule has 0 amide bonds. The van der Waals surface area contributed by atoms with Crippen LogP contribution < -0.4 is 10.2 Å². The number of aromatic nitrogens is 1. The molecule has 1 fully saturated rings. The number of hydrogen-bond donors (Lipinski definition) is 2. The van der Waals surface area contributed by atoms with Gasteiger partial charge in [0.25, 0.3) is 0 Å². The molecule has 5 rings (SSSR count). The summed E-state index contributed by atoms with van der Waals surface area (Å²) >= 11 is 18.3. The van der Waals surface area contributed by atoms with Gasteiger partial charge in [0.05, 0.1) is 27.5 Å². The topological polar surface area (TPSA) is 61.5 Å². The Hall–Kier alpha value is -3.06. The second-order valence-electron chi connectivity index (χ2n) is 7.29. The Labute approximate surface area is 200 Å². The Bertz CT molecular complexity index is 1300. The number of thiocarbonyl (C=S) groups is 1. The minimum Gasteiger partial charge on any atom is -0.506 e. The number of benzene rings is 2. The highest BCUT2D eigenvalue weighted by atomic mass is 35.5. The highest BCUT2D eigenvalue weighted by Gasteiger charge is 2.43. The van der Waals surface area contributed by atoms with E-state index >= 15 is 0 Å². The summed E-state index contributed by atoms with van der Waals surface area (Å²) in [6.45, 7) is 0. The molecular weight excluding hydrogens is 465 g/mol. The standard InChI is InChI=1S/C24H17Cl2N3O2S/c25-15-7-5-6-14(21(15)26)19-11-12-20(31-19)23-22(16-8-3-4-13-27-16)28-24(32)29(23)17-9-1-2-10-18(17)30/h1-13,22-23,30H,(H,28,32)/t22-,23-/m1/s1. The first kappa shape index (κ1) is 20.8. The van der Waals surface area contributed by atoms with E-state index in [1.54, 1.807) is 24.4 Å². The molecule has 0 unspecified atom stereocenters. The van der Waals surface area contributed by atoms with Crippen molar-refractivity contribution in [2.75, 3.05) is 4.90 Å². The van der Waals surface area contributed by atoms with Gasteiger partial charge in [-0.05, 0) is 60.7 Å². The molecule has 2 atom stereocenters. The van der Waals surface area contributed by atoms with Crippen molar-refractivity contribution in [3.8, 4) is 17.1 Å². The first-order valence-electron chi connectivity index (χ1n) is 9.87. The van der Waals surface area contributed by atoms with E-state index in [1.165, 1.54) is 0 Å². The summed E-state index contributed by atoms with van der Waals surface area (Å²) in [7, 11) is 0. The molecule has 32 heavy (non-hydrogen) atoms. The normalized spacial score (nSPS) is 18.1. The number of phenols is 1. The number of furan rings is 1. The molecule has 2 aromatic carbocycles. The van der Waals surface area contributed by atoms with E-state index in [4.69, 9.17) is 39.8 Å². The lowest BCUT2D eigenvalue weighted by molar-refractivity contribution is 0.434. The fourth-order valence-electron chi connectivity index (χ4n) is 3.92. The number of halogens is 2. The number of rotatable bonds is 4. The van der Waals surface area contributed by atoms with Crippen LogP contribution in [0.3, 0.4) is 0 Å². The van der Waals surface area contributed by atoms with Gasteiger partial charge in [-0.15, -0.1) is 0 Å². The molecule has 1 aliphatic heterocycles. The first-order valence-corrected chi connectivity index (χ1v) is 11.0. The molecule has 0 saturated carbocycles. The lowest BCUT2D eigenvalue weighted by Gasteiger charge is -2.26. The van der Waals surface area contributed by atoms with Gasteiger partial charge in [-0.1, -0.05) is 47.5 Å². The van der Waals surface area contributed by atoms with Gasteiger partial charge in [0, 0.05) is 11.8 Å². The number of pyridine rings is 1. The van der Waals surface area contributed by atoms with Gasteiger partial charge >= 0.3 is 0 Å². The number of hydrogen-bond acceptors (Lipinski definition) is 4. The van der Waals surface area contributed by atoms with E-state index in [-0.39, 0.29) is 11.8 Å². The average Bonchev–Trinajstić information content (AvgIpc) is 3.41. The summed E-state index contributed by atoms with van der Waals surface area (Å²) in [5.74, 6) is 1.35. The number of nitrogens with one attached hydrogen (secondary N) is 1. The van der Waals surface area contributed by atoms with Gasteiger partial charge in [-0.25, -0.2) is 0 Å². The molecule has 0 radical (unpaired) electrons.